The van der Waals surface area contributed by atoms with Gasteiger partial charge in [0.2, 0.25) is 0 Å². The summed E-state index contributed by atoms with van der Waals surface area (Å²) < 4.78 is 0. The number of rotatable bonds is 6. The van der Waals surface area contributed by atoms with Crippen molar-refractivity contribution in [2.75, 3.05) is 31.6 Å². The molecular formula is C17H28N2. The Hall–Kier alpha value is -1.02. The summed E-state index contributed by atoms with van der Waals surface area (Å²) in [6.07, 6.45) is 5.53. The molecule has 0 radical (unpaired) electrons. The Kier molecular flexibility index (Phi) is 4.87. The van der Waals surface area contributed by atoms with Crippen LogP contribution in [-0.4, -0.2) is 26.7 Å². The van der Waals surface area contributed by atoms with Crippen LogP contribution in [0.2, 0.25) is 0 Å². The molecule has 1 aromatic carbocycles. The molecule has 1 saturated carbocycles. The number of hydrogen-bond donors (Lipinski definition) is 1. The van der Waals surface area contributed by atoms with Crippen molar-refractivity contribution in [3.63, 3.8) is 0 Å². The average molecular weight is 260 g/mol. The second-order valence-corrected chi connectivity index (χ2v) is 6.04. The first-order chi connectivity index (χ1) is 9.21. The van der Waals surface area contributed by atoms with Crippen molar-refractivity contribution in [2.45, 2.75) is 39.5 Å². The van der Waals surface area contributed by atoms with Crippen LogP contribution >= 0.6 is 0 Å². The van der Waals surface area contributed by atoms with Gasteiger partial charge in [-0.1, -0.05) is 31.0 Å². The van der Waals surface area contributed by atoms with Crippen LogP contribution in [0.15, 0.2) is 24.3 Å². The minimum Gasteiger partial charge on any atom is -0.371 e. The van der Waals surface area contributed by atoms with Gasteiger partial charge in [-0.3, -0.25) is 0 Å². The number of hydrogen-bond acceptors (Lipinski definition) is 2. The van der Waals surface area contributed by atoms with Crippen LogP contribution in [-0.2, 0) is 0 Å². The Morgan fingerprint density at radius 1 is 1.21 bits per heavy atom. The molecule has 19 heavy (non-hydrogen) atoms. The first kappa shape index (κ1) is 14.4. The van der Waals surface area contributed by atoms with Crippen LogP contribution in [0.4, 0.5) is 5.69 Å². The van der Waals surface area contributed by atoms with Gasteiger partial charge in [-0.15, -0.1) is 0 Å². The summed E-state index contributed by atoms with van der Waals surface area (Å²) in [6, 6.07) is 8.77. The molecule has 0 aliphatic heterocycles. The molecule has 0 unspecified atom stereocenters. The molecule has 2 heteroatoms. The smallest absolute Gasteiger partial charge is 0.0396 e. The highest BCUT2D eigenvalue weighted by atomic mass is 15.1. The van der Waals surface area contributed by atoms with E-state index in [2.05, 4.69) is 55.4 Å². The molecule has 0 saturated heterocycles. The number of benzene rings is 1. The standard InChI is InChI=1S/C17H28N2/c1-4-19(16-10-6-5-9-15(16)2)14-17(13-18-3)11-7-8-12-17/h5-6,9-10,18H,4,7-8,11-14H2,1-3H3. The summed E-state index contributed by atoms with van der Waals surface area (Å²) in [7, 11) is 2.09. The first-order valence-corrected chi connectivity index (χ1v) is 7.66. The lowest BCUT2D eigenvalue weighted by atomic mass is 9.85. The SMILES string of the molecule is CCN(CC1(CNC)CCCC1)c1ccccc1C. The van der Waals surface area contributed by atoms with Crippen LogP contribution in [0.25, 0.3) is 0 Å². The molecule has 1 fully saturated rings. The Labute approximate surface area is 118 Å². The summed E-state index contributed by atoms with van der Waals surface area (Å²) in [6.45, 7) is 7.92. The summed E-state index contributed by atoms with van der Waals surface area (Å²) in [5.74, 6) is 0. The Balaban J connectivity index is 2.16. The number of nitrogens with zero attached hydrogens (tertiary/aromatic N) is 1. The minimum atomic E-state index is 0.479. The lowest BCUT2D eigenvalue weighted by molar-refractivity contribution is 0.292. The molecule has 0 heterocycles. The Morgan fingerprint density at radius 2 is 1.89 bits per heavy atom. The lowest BCUT2D eigenvalue weighted by Gasteiger charge is -2.37. The van der Waals surface area contributed by atoms with Gasteiger partial charge in [0.25, 0.3) is 0 Å². The minimum absolute atomic E-state index is 0.479. The van der Waals surface area contributed by atoms with E-state index in [1.165, 1.54) is 43.5 Å². The highest BCUT2D eigenvalue weighted by molar-refractivity contribution is 5.53. The summed E-state index contributed by atoms with van der Waals surface area (Å²) in [5, 5.41) is 3.42. The molecule has 1 aliphatic carbocycles. The topological polar surface area (TPSA) is 15.3 Å². The van der Waals surface area contributed by atoms with Crippen LogP contribution < -0.4 is 10.2 Å². The van der Waals surface area contributed by atoms with Gasteiger partial charge in [0.1, 0.15) is 0 Å². The van der Waals surface area contributed by atoms with E-state index < -0.39 is 0 Å². The van der Waals surface area contributed by atoms with Gasteiger partial charge in [0, 0.05) is 30.7 Å². The fraction of sp³-hybridized carbons (Fsp3) is 0.647. The van der Waals surface area contributed by atoms with Crippen molar-refractivity contribution in [2.24, 2.45) is 5.41 Å². The number of nitrogens with one attached hydrogen (secondary N) is 1. The predicted molar refractivity (Wildman–Crippen MR) is 83.9 cm³/mol. The van der Waals surface area contributed by atoms with E-state index in [4.69, 9.17) is 0 Å². The highest BCUT2D eigenvalue weighted by Gasteiger charge is 2.34. The lowest BCUT2D eigenvalue weighted by Crippen LogP contribution is -2.42. The van der Waals surface area contributed by atoms with E-state index >= 15 is 0 Å². The van der Waals surface area contributed by atoms with E-state index in [0.717, 1.165) is 13.1 Å². The average Bonchev–Trinajstić information content (AvgIpc) is 2.86. The third-order valence-electron chi connectivity index (χ3n) is 4.58. The van der Waals surface area contributed by atoms with E-state index in [9.17, 15) is 0 Å². The van der Waals surface area contributed by atoms with Crippen molar-refractivity contribution in [3.8, 4) is 0 Å². The van der Waals surface area contributed by atoms with Gasteiger partial charge >= 0.3 is 0 Å². The molecule has 1 aromatic rings. The molecule has 0 aromatic heterocycles. The third-order valence-corrected chi connectivity index (χ3v) is 4.58. The number of anilines is 1. The molecule has 0 atom stereocenters. The largest absolute Gasteiger partial charge is 0.371 e. The summed E-state index contributed by atoms with van der Waals surface area (Å²) in [4.78, 5) is 2.57. The van der Waals surface area contributed by atoms with E-state index in [1.54, 1.807) is 0 Å². The maximum Gasteiger partial charge on any atom is 0.0396 e. The van der Waals surface area contributed by atoms with E-state index in [-0.39, 0.29) is 0 Å². The number of para-hydroxylation sites is 1. The molecule has 0 amide bonds. The van der Waals surface area contributed by atoms with Gasteiger partial charge in [-0.25, -0.2) is 0 Å². The second kappa shape index (κ2) is 6.42. The number of aryl methyl sites for hydroxylation is 1. The van der Waals surface area contributed by atoms with Gasteiger partial charge < -0.3 is 10.2 Å². The molecule has 2 nitrogen and oxygen atoms in total. The van der Waals surface area contributed by atoms with Crippen LogP contribution in [0.5, 0.6) is 0 Å². The zero-order chi connectivity index (χ0) is 13.7. The summed E-state index contributed by atoms with van der Waals surface area (Å²) in [5.41, 5.74) is 3.28. The first-order valence-electron chi connectivity index (χ1n) is 7.66. The second-order valence-electron chi connectivity index (χ2n) is 6.04. The monoisotopic (exact) mass is 260 g/mol. The quantitative estimate of drug-likeness (QED) is 0.840. The fourth-order valence-electron chi connectivity index (χ4n) is 3.58. The molecule has 0 spiro atoms. The van der Waals surface area contributed by atoms with Gasteiger partial charge in [0.05, 0.1) is 0 Å². The zero-order valence-electron chi connectivity index (χ0n) is 12.7. The molecule has 1 aliphatic rings. The molecule has 0 bridgehead atoms. The molecule has 2 rings (SSSR count). The molecule has 1 N–H and O–H groups in total. The van der Waals surface area contributed by atoms with Crippen molar-refractivity contribution in [1.29, 1.82) is 0 Å². The van der Waals surface area contributed by atoms with Crippen LogP contribution in [0.1, 0.15) is 38.2 Å². The van der Waals surface area contributed by atoms with Crippen LogP contribution in [0.3, 0.4) is 0 Å². The molecular weight excluding hydrogens is 232 g/mol. The third kappa shape index (κ3) is 3.30. The van der Waals surface area contributed by atoms with Gasteiger partial charge in [0.15, 0.2) is 0 Å². The Bertz CT molecular complexity index is 394. The van der Waals surface area contributed by atoms with Gasteiger partial charge in [-0.05, 0) is 45.4 Å². The Morgan fingerprint density at radius 3 is 2.47 bits per heavy atom. The maximum atomic E-state index is 3.42. The van der Waals surface area contributed by atoms with Crippen LogP contribution in [0, 0.1) is 12.3 Å². The fourth-order valence-corrected chi connectivity index (χ4v) is 3.58. The van der Waals surface area contributed by atoms with Crippen molar-refractivity contribution in [1.82, 2.24) is 5.32 Å². The van der Waals surface area contributed by atoms with E-state index in [1.807, 2.05) is 0 Å². The highest BCUT2D eigenvalue weighted by Crippen LogP contribution is 2.39. The molecule has 106 valence electrons. The van der Waals surface area contributed by atoms with Gasteiger partial charge in [-0.2, -0.15) is 0 Å². The van der Waals surface area contributed by atoms with Crippen molar-refractivity contribution >= 4 is 5.69 Å². The summed E-state index contributed by atoms with van der Waals surface area (Å²) >= 11 is 0. The van der Waals surface area contributed by atoms with Crippen molar-refractivity contribution in [3.05, 3.63) is 29.8 Å². The normalized spacial score (nSPS) is 17.6. The van der Waals surface area contributed by atoms with Crippen molar-refractivity contribution < 1.29 is 0 Å². The maximum absolute atomic E-state index is 3.42. The predicted octanol–water partition coefficient (Wildman–Crippen LogP) is 3.60. The zero-order valence-corrected chi connectivity index (χ0v) is 12.7. The van der Waals surface area contributed by atoms with E-state index in [0.29, 0.717) is 5.41 Å².